The minimum absolute atomic E-state index is 0.704. The molecule has 248 valence electrons. The van der Waals surface area contributed by atoms with E-state index in [-0.39, 0.29) is 0 Å². The number of aromatic nitrogens is 2. The summed E-state index contributed by atoms with van der Waals surface area (Å²) in [7, 11) is 0. The van der Waals surface area contributed by atoms with Gasteiger partial charge in [0.2, 0.25) is 0 Å². The average Bonchev–Trinajstić information content (AvgIpc) is 3.24. The van der Waals surface area contributed by atoms with Gasteiger partial charge in [-0.1, -0.05) is 176 Å². The van der Waals surface area contributed by atoms with Gasteiger partial charge in [0, 0.05) is 33.2 Å². The Morgan fingerprint density at radius 2 is 0.830 bits per heavy atom. The van der Waals surface area contributed by atoms with Gasteiger partial charge >= 0.3 is 0 Å². The SMILES string of the molecule is c1ccc(-c2cccc(-c3cc(-c4ccc(-c5ccc(-c6cccc7c6Oc6cccc8cccc-7c68)cc5)cc4)nc(-c4ccccc4)n3)c2)cc1. The Balaban J connectivity index is 0.974. The fourth-order valence-electron chi connectivity index (χ4n) is 7.44. The largest absolute Gasteiger partial charge is 0.455 e. The van der Waals surface area contributed by atoms with Crippen LogP contribution in [0.4, 0.5) is 0 Å². The van der Waals surface area contributed by atoms with Gasteiger partial charge in [0.1, 0.15) is 11.5 Å². The standard InChI is InChI=1S/C50H32N2O/c1-3-11-33(12-4-1)40-17-7-18-41(31-40)46-32-45(51-50(52-46)39-13-5-2-6-14-39)37-29-25-35(26-30-37)34-23-27-36(28-24-34)42-19-10-21-44-43-20-8-15-38-16-9-22-47(48(38)43)53-49(42)44/h1-32H. The summed E-state index contributed by atoms with van der Waals surface area (Å²) in [5.41, 5.74) is 14.0. The molecule has 0 bridgehead atoms. The zero-order valence-corrected chi connectivity index (χ0v) is 28.8. The normalized spacial score (nSPS) is 11.5. The summed E-state index contributed by atoms with van der Waals surface area (Å²) >= 11 is 0. The van der Waals surface area contributed by atoms with E-state index in [2.05, 4.69) is 170 Å². The first-order valence-electron chi connectivity index (χ1n) is 17.9. The second-order valence-corrected chi connectivity index (χ2v) is 13.4. The van der Waals surface area contributed by atoms with Gasteiger partial charge in [-0.25, -0.2) is 9.97 Å². The topological polar surface area (TPSA) is 35.0 Å². The number of rotatable bonds is 6. The molecule has 8 aromatic carbocycles. The lowest BCUT2D eigenvalue weighted by atomic mass is 9.91. The van der Waals surface area contributed by atoms with Crippen molar-refractivity contribution in [2.75, 3.05) is 0 Å². The van der Waals surface area contributed by atoms with Crippen LogP contribution in [-0.4, -0.2) is 9.97 Å². The van der Waals surface area contributed by atoms with E-state index in [0.717, 1.165) is 73.0 Å². The lowest BCUT2D eigenvalue weighted by molar-refractivity contribution is 0.489. The molecule has 0 N–H and O–H groups in total. The molecule has 0 spiro atoms. The van der Waals surface area contributed by atoms with E-state index in [1.165, 1.54) is 21.9 Å². The first kappa shape index (κ1) is 30.7. The van der Waals surface area contributed by atoms with Crippen LogP contribution in [0.2, 0.25) is 0 Å². The molecule has 0 amide bonds. The van der Waals surface area contributed by atoms with Crippen LogP contribution in [0.3, 0.4) is 0 Å². The molecule has 3 heteroatoms. The fourth-order valence-corrected chi connectivity index (χ4v) is 7.44. The van der Waals surface area contributed by atoms with Crippen LogP contribution in [0.25, 0.3) is 89.2 Å². The molecule has 0 saturated carbocycles. The highest BCUT2D eigenvalue weighted by atomic mass is 16.5. The Kier molecular flexibility index (Phi) is 7.47. The highest BCUT2D eigenvalue weighted by Gasteiger charge is 2.22. The van der Waals surface area contributed by atoms with Crippen LogP contribution >= 0.6 is 0 Å². The summed E-state index contributed by atoms with van der Waals surface area (Å²) in [5.74, 6) is 2.51. The summed E-state index contributed by atoms with van der Waals surface area (Å²) in [6.07, 6.45) is 0. The minimum atomic E-state index is 0.704. The van der Waals surface area contributed by atoms with Crippen molar-refractivity contribution in [1.82, 2.24) is 9.97 Å². The van der Waals surface area contributed by atoms with Crippen LogP contribution < -0.4 is 4.74 Å². The van der Waals surface area contributed by atoms with Gasteiger partial charge in [-0.15, -0.1) is 0 Å². The summed E-state index contributed by atoms with van der Waals surface area (Å²) in [6, 6.07) is 67.9. The second-order valence-electron chi connectivity index (χ2n) is 13.4. The van der Waals surface area contributed by atoms with Gasteiger partial charge in [0.25, 0.3) is 0 Å². The van der Waals surface area contributed by atoms with Crippen LogP contribution in [0.1, 0.15) is 0 Å². The first-order chi connectivity index (χ1) is 26.2. The van der Waals surface area contributed by atoms with E-state index in [9.17, 15) is 0 Å². The van der Waals surface area contributed by atoms with Crippen molar-refractivity contribution in [2.45, 2.75) is 0 Å². The lowest BCUT2D eigenvalue weighted by Gasteiger charge is -2.23. The van der Waals surface area contributed by atoms with Gasteiger partial charge in [0.15, 0.2) is 5.82 Å². The summed E-state index contributed by atoms with van der Waals surface area (Å²) in [4.78, 5) is 10.1. The van der Waals surface area contributed by atoms with Crippen LogP contribution in [0.5, 0.6) is 11.5 Å². The van der Waals surface area contributed by atoms with E-state index in [4.69, 9.17) is 14.7 Å². The molecule has 10 rings (SSSR count). The molecular weight excluding hydrogens is 645 g/mol. The molecule has 9 aromatic rings. The molecule has 0 unspecified atom stereocenters. The van der Waals surface area contributed by atoms with Crippen molar-refractivity contribution in [3.63, 3.8) is 0 Å². The maximum atomic E-state index is 6.59. The maximum Gasteiger partial charge on any atom is 0.160 e. The van der Waals surface area contributed by atoms with Crippen molar-refractivity contribution in [2.24, 2.45) is 0 Å². The molecule has 1 aliphatic heterocycles. The first-order valence-corrected chi connectivity index (χ1v) is 17.9. The van der Waals surface area contributed by atoms with Crippen molar-refractivity contribution in [3.8, 4) is 89.9 Å². The van der Waals surface area contributed by atoms with Gasteiger partial charge < -0.3 is 4.74 Å². The Hall–Kier alpha value is -7.10. The Morgan fingerprint density at radius 3 is 1.57 bits per heavy atom. The zero-order valence-electron chi connectivity index (χ0n) is 28.8. The predicted molar refractivity (Wildman–Crippen MR) is 218 cm³/mol. The van der Waals surface area contributed by atoms with Gasteiger partial charge in [0.05, 0.1) is 11.4 Å². The lowest BCUT2D eigenvalue weighted by Crippen LogP contribution is -1.98. The Morgan fingerprint density at radius 1 is 0.321 bits per heavy atom. The molecule has 0 radical (unpaired) electrons. The number of hydrogen-bond donors (Lipinski definition) is 0. The molecule has 0 aliphatic carbocycles. The van der Waals surface area contributed by atoms with Crippen molar-refractivity contribution >= 4 is 10.8 Å². The van der Waals surface area contributed by atoms with Crippen LogP contribution in [0.15, 0.2) is 194 Å². The van der Waals surface area contributed by atoms with E-state index in [1.54, 1.807) is 0 Å². The highest BCUT2D eigenvalue weighted by molar-refractivity contribution is 6.05. The third kappa shape index (κ3) is 5.65. The summed E-state index contributed by atoms with van der Waals surface area (Å²) in [5, 5.41) is 2.36. The highest BCUT2D eigenvalue weighted by Crippen LogP contribution is 2.50. The minimum Gasteiger partial charge on any atom is -0.455 e. The van der Waals surface area contributed by atoms with Crippen molar-refractivity contribution in [3.05, 3.63) is 194 Å². The summed E-state index contributed by atoms with van der Waals surface area (Å²) < 4.78 is 6.59. The van der Waals surface area contributed by atoms with Crippen LogP contribution in [-0.2, 0) is 0 Å². The van der Waals surface area contributed by atoms with Gasteiger partial charge in [-0.3, -0.25) is 0 Å². The van der Waals surface area contributed by atoms with Gasteiger partial charge in [-0.2, -0.15) is 0 Å². The molecule has 1 aliphatic rings. The third-order valence-electron chi connectivity index (χ3n) is 10.1. The molecule has 0 saturated heterocycles. The molecule has 0 atom stereocenters. The summed E-state index contributed by atoms with van der Waals surface area (Å²) in [6.45, 7) is 0. The molecule has 3 nitrogen and oxygen atoms in total. The average molecular weight is 677 g/mol. The second kappa shape index (κ2) is 12.9. The number of hydrogen-bond acceptors (Lipinski definition) is 3. The van der Waals surface area contributed by atoms with Crippen LogP contribution in [0, 0.1) is 0 Å². The number of nitrogens with zero attached hydrogens (tertiary/aromatic N) is 2. The molecule has 0 fully saturated rings. The zero-order chi connectivity index (χ0) is 35.1. The molecule has 1 aromatic heterocycles. The smallest absolute Gasteiger partial charge is 0.160 e. The number of fused-ring (bicyclic) bond motifs is 2. The maximum absolute atomic E-state index is 6.59. The predicted octanol–water partition coefficient (Wildman–Crippen LogP) is 13.4. The fraction of sp³-hybridized carbons (Fsp3) is 0. The van der Waals surface area contributed by atoms with Crippen molar-refractivity contribution in [1.29, 1.82) is 0 Å². The molecule has 2 heterocycles. The van der Waals surface area contributed by atoms with E-state index in [0.29, 0.717) is 5.82 Å². The van der Waals surface area contributed by atoms with E-state index < -0.39 is 0 Å². The number of ether oxygens (including phenoxy) is 1. The van der Waals surface area contributed by atoms with Crippen molar-refractivity contribution < 1.29 is 4.74 Å². The Bertz CT molecular complexity index is 2770. The number of para-hydroxylation sites is 1. The number of benzene rings is 8. The third-order valence-corrected chi connectivity index (χ3v) is 10.1. The monoisotopic (exact) mass is 676 g/mol. The molecule has 53 heavy (non-hydrogen) atoms. The van der Waals surface area contributed by atoms with E-state index in [1.807, 2.05) is 24.3 Å². The quantitative estimate of drug-likeness (QED) is 0.176. The Labute approximate surface area is 308 Å². The molecular formula is C50H32N2O. The van der Waals surface area contributed by atoms with E-state index >= 15 is 0 Å². The van der Waals surface area contributed by atoms with Gasteiger partial charge in [-0.05, 0) is 57.0 Å².